The Morgan fingerprint density at radius 2 is 2.05 bits per heavy atom. The number of hydrogen-bond donors (Lipinski definition) is 1. The molecule has 21 heavy (non-hydrogen) atoms. The zero-order chi connectivity index (χ0) is 15.0. The van der Waals surface area contributed by atoms with E-state index in [-0.39, 0.29) is 11.6 Å². The van der Waals surface area contributed by atoms with Crippen LogP contribution in [0.15, 0.2) is 18.2 Å². The molecule has 0 bridgehead atoms. The molecule has 0 radical (unpaired) electrons. The normalized spacial score (nSPS) is 17.9. The molecule has 5 heteroatoms. The minimum absolute atomic E-state index is 0.0312. The number of hydrogen-bond acceptors (Lipinski definition) is 2. The molecule has 2 amide bonds. The maximum Gasteiger partial charge on any atom is 0.335 e. The highest BCUT2D eigenvalue weighted by Gasteiger charge is 2.31. The minimum atomic E-state index is -0.923. The van der Waals surface area contributed by atoms with Crippen LogP contribution in [-0.2, 0) is 6.42 Å². The highest BCUT2D eigenvalue weighted by Crippen LogP contribution is 2.31. The van der Waals surface area contributed by atoms with Crippen molar-refractivity contribution in [2.45, 2.75) is 38.1 Å². The summed E-state index contributed by atoms with van der Waals surface area (Å²) in [5, 5.41) is 9.07. The zero-order valence-electron chi connectivity index (χ0n) is 12.2. The molecule has 1 heterocycles. The second-order valence-electron chi connectivity index (χ2n) is 5.88. The lowest BCUT2D eigenvalue weighted by atomic mass is 9.92. The second-order valence-corrected chi connectivity index (χ2v) is 5.88. The predicted octanol–water partition coefficient (Wildman–Crippen LogP) is 2.74. The predicted molar refractivity (Wildman–Crippen MR) is 79.9 cm³/mol. The third-order valence-electron chi connectivity index (χ3n) is 4.60. The molecule has 1 fully saturated rings. The lowest BCUT2D eigenvalue weighted by Crippen LogP contribution is -2.50. The molecule has 1 aromatic carbocycles. The first-order valence-corrected chi connectivity index (χ1v) is 7.48. The molecule has 1 aliphatic carbocycles. The Bertz CT molecular complexity index is 581. The van der Waals surface area contributed by atoms with Crippen molar-refractivity contribution >= 4 is 17.7 Å². The molecule has 2 aliphatic rings. The van der Waals surface area contributed by atoms with Gasteiger partial charge in [-0.25, -0.2) is 9.59 Å². The number of carbonyl (C=O) groups is 2. The summed E-state index contributed by atoms with van der Waals surface area (Å²) in [5.74, 6) is -0.923. The van der Waals surface area contributed by atoms with E-state index < -0.39 is 5.97 Å². The number of urea groups is 1. The summed E-state index contributed by atoms with van der Waals surface area (Å²) in [6, 6.07) is 5.44. The van der Waals surface area contributed by atoms with Crippen molar-refractivity contribution in [3.05, 3.63) is 29.3 Å². The summed E-state index contributed by atoms with van der Waals surface area (Å²) in [6.07, 6.45) is 5.07. The van der Waals surface area contributed by atoms with E-state index >= 15 is 0 Å². The number of fused-ring (bicyclic) bond motifs is 1. The van der Waals surface area contributed by atoms with Gasteiger partial charge in [-0.3, -0.25) is 4.90 Å². The summed E-state index contributed by atoms with van der Waals surface area (Å²) in [7, 11) is 1.87. The van der Waals surface area contributed by atoms with Crippen molar-refractivity contribution < 1.29 is 14.7 Å². The van der Waals surface area contributed by atoms with Gasteiger partial charge in [-0.15, -0.1) is 0 Å². The van der Waals surface area contributed by atoms with Crippen LogP contribution in [0.3, 0.4) is 0 Å². The third kappa shape index (κ3) is 2.48. The number of anilines is 1. The van der Waals surface area contributed by atoms with Gasteiger partial charge in [0.15, 0.2) is 0 Å². The molecule has 112 valence electrons. The van der Waals surface area contributed by atoms with Crippen LogP contribution in [0.4, 0.5) is 10.5 Å². The summed E-state index contributed by atoms with van der Waals surface area (Å²) in [4.78, 5) is 27.3. The molecule has 1 saturated carbocycles. The minimum Gasteiger partial charge on any atom is -0.478 e. The summed E-state index contributed by atoms with van der Waals surface area (Å²) >= 11 is 0. The first kappa shape index (κ1) is 13.9. The van der Waals surface area contributed by atoms with Crippen LogP contribution in [-0.4, -0.2) is 41.6 Å². The molecule has 3 rings (SSSR count). The van der Waals surface area contributed by atoms with Gasteiger partial charge in [0.25, 0.3) is 0 Å². The number of aromatic carboxylic acids is 1. The molecule has 5 nitrogen and oxygen atoms in total. The van der Waals surface area contributed by atoms with Crippen molar-refractivity contribution in [3.8, 4) is 0 Å². The highest BCUT2D eigenvalue weighted by molar-refractivity contribution is 5.95. The second kappa shape index (κ2) is 5.39. The van der Waals surface area contributed by atoms with Crippen LogP contribution in [0.1, 0.15) is 41.6 Å². The fourth-order valence-corrected chi connectivity index (χ4v) is 3.05. The molecule has 0 aromatic heterocycles. The number of benzene rings is 1. The van der Waals surface area contributed by atoms with Gasteiger partial charge < -0.3 is 10.0 Å². The number of rotatable bonds is 2. The Kier molecular flexibility index (Phi) is 3.57. The van der Waals surface area contributed by atoms with Crippen LogP contribution in [0, 0.1) is 0 Å². The molecular weight excluding hydrogens is 268 g/mol. The fourth-order valence-electron chi connectivity index (χ4n) is 3.05. The Balaban J connectivity index is 1.86. The molecule has 0 unspecified atom stereocenters. The first-order chi connectivity index (χ1) is 10.1. The van der Waals surface area contributed by atoms with E-state index in [0.29, 0.717) is 12.6 Å². The van der Waals surface area contributed by atoms with E-state index in [2.05, 4.69) is 0 Å². The monoisotopic (exact) mass is 288 g/mol. The molecule has 0 spiro atoms. The van der Waals surface area contributed by atoms with Gasteiger partial charge in [0.2, 0.25) is 0 Å². The summed E-state index contributed by atoms with van der Waals surface area (Å²) in [6.45, 7) is 0.704. The van der Waals surface area contributed by atoms with Crippen molar-refractivity contribution in [2.24, 2.45) is 0 Å². The molecule has 0 atom stereocenters. The summed E-state index contributed by atoms with van der Waals surface area (Å²) in [5.41, 5.74) is 2.11. The number of amides is 2. The topological polar surface area (TPSA) is 60.9 Å². The Morgan fingerprint density at radius 3 is 2.67 bits per heavy atom. The number of aryl methyl sites for hydroxylation is 1. The van der Waals surface area contributed by atoms with Crippen molar-refractivity contribution in [2.75, 3.05) is 18.5 Å². The Hall–Kier alpha value is -2.04. The third-order valence-corrected chi connectivity index (χ3v) is 4.60. The average Bonchev–Trinajstić information content (AvgIpc) is 2.43. The standard InChI is InChI=1S/C16H20N2O3/c1-17(13-5-2-6-13)16(21)18-9-3-4-11-10-12(15(19)20)7-8-14(11)18/h7-8,10,13H,2-6,9H2,1H3,(H,19,20). The smallest absolute Gasteiger partial charge is 0.335 e. The van der Waals surface area contributed by atoms with Gasteiger partial charge in [0, 0.05) is 25.3 Å². The van der Waals surface area contributed by atoms with Gasteiger partial charge in [-0.05, 0) is 55.9 Å². The van der Waals surface area contributed by atoms with Gasteiger partial charge in [-0.2, -0.15) is 0 Å². The van der Waals surface area contributed by atoms with Gasteiger partial charge in [0.05, 0.1) is 5.56 Å². The average molecular weight is 288 g/mol. The molecule has 1 N–H and O–H groups in total. The zero-order valence-corrected chi connectivity index (χ0v) is 12.2. The summed E-state index contributed by atoms with van der Waals surface area (Å²) < 4.78 is 0. The van der Waals surface area contributed by atoms with E-state index in [1.165, 1.54) is 6.42 Å². The maximum atomic E-state index is 12.6. The van der Waals surface area contributed by atoms with E-state index in [1.807, 2.05) is 11.9 Å². The van der Waals surface area contributed by atoms with Crippen LogP contribution < -0.4 is 4.90 Å². The SMILES string of the molecule is CN(C(=O)N1CCCc2cc(C(=O)O)ccc21)C1CCC1. The van der Waals surface area contributed by atoms with Crippen LogP contribution >= 0.6 is 0 Å². The molecular formula is C16H20N2O3. The highest BCUT2D eigenvalue weighted by atomic mass is 16.4. The van der Waals surface area contributed by atoms with Crippen LogP contribution in [0.25, 0.3) is 0 Å². The van der Waals surface area contributed by atoms with Crippen LogP contribution in [0.2, 0.25) is 0 Å². The van der Waals surface area contributed by atoms with Crippen LogP contribution in [0.5, 0.6) is 0 Å². The van der Waals surface area contributed by atoms with E-state index in [4.69, 9.17) is 5.11 Å². The van der Waals surface area contributed by atoms with Crippen molar-refractivity contribution in [1.82, 2.24) is 4.90 Å². The van der Waals surface area contributed by atoms with Crippen molar-refractivity contribution in [3.63, 3.8) is 0 Å². The van der Waals surface area contributed by atoms with E-state index in [1.54, 1.807) is 23.1 Å². The Labute approximate surface area is 124 Å². The van der Waals surface area contributed by atoms with E-state index in [9.17, 15) is 9.59 Å². The quantitative estimate of drug-likeness (QED) is 0.910. The largest absolute Gasteiger partial charge is 0.478 e. The lowest BCUT2D eigenvalue weighted by Gasteiger charge is -2.39. The van der Waals surface area contributed by atoms with E-state index in [0.717, 1.165) is 36.9 Å². The van der Waals surface area contributed by atoms with Gasteiger partial charge >= 0.3 is 12.0 Å². The fraction of sp³-hybridized carbons (Fsp3) is 0.500. The Morgan fingerprint density at radius 1 is 1.29 bits per heavy atom. The number of carbonyl (C=O) groups excluding carboxylic acids is 1. The van der Waals surface area contributed by atoms with Gasteiger partial charge in [0.1, 0.15) is 0 Å². The molecule has 0 saturated heterocycles. The van der Waals surface area contributed by atoms with Crippen molar-refractivity contribution in [1.29, 1.82) is 0 Å². The lowest BCUT2D eigenvalue weighted by molar-refractivity contribution is 0.0696. The first-order valence-electron chi connectivity index (χ1n) is 7.48. The maximum absolute atomic E-state index is 12.6. The van der Waals surface area contributed by atoms with Gasteiger partial charge in [-0.1, -0.05) is 0 Å². The number of carboxylic acid groups (broad SMARTS) is 1. The molecule has 1 aliphatic heterocycles. The number of nitrogens with zero attached hydrogens (tertiary/aromatic N) is 2. The molecule has 1 aromatic rings. The number of carboxylic acids is 1.